The maximum absolute atomic E-state index is 12.2. The first-order valence-electron chi connectivity index (χ1n) is 6.34. The molecule has 0 saturated carbocycles. The summed E-state index contributed by atoms with van der Waals surface area (Å²) < 4.78 is 29.4. The number of likely N-dealkylation sites (tertiary alicyclic amines) is 1. The predicted octanol–water partition coefficient (Wildman–Crippen LogP) is -0.0257. The standard InChI is InChI=1S/C12H17N3O3S/c1-15-8-12(9-15)10(3-6-19(12,16)17)7-18-11-13-4-2-5-14-11/h2,4-5,10H,3,6-9H2,1H3. The fourth-order valence-electron chi connectivity index (χ4n) is 3.11. The van der Waals surface area contributed by atoms with Crippen LogP contribution in [0, 0.1) is 5.92 Å². The number of aromatic nitrogens is 2. The van der Waals surface area contributed by atoms with Crippen molar-refractivity contribution >= 4 is 9.84 Å². The van der Waals surface area contributed by atoms with Gasteiger partial charge in [0.2, 0.25) is 0 Å². The van der Waals surface area contributed by atoms with Gasteiger partial charge >= 0.3 is 6.01 Å². The van der Waals surface area contributed by atoms with Crippen LogP contribution in [0.5, 0.6) is 6.01 Å². The molecule has 7 heteroatoms. The molecule has 6 nitrogen and oxygen atoms in total. The topological polar surface area (TPSA) is 72.4 Å². The molecule has 1 aromatic rings. The summed E-state index contributed by atoms with van der Waals surface area (Å²) >= 11 is 0. The largest absolute Gasteiger partial charge is 0.463 e. The van der Waals surface area contributed by atoms with E-state index in [0.29, 0.717) is 32.1 Å². The monoisotopic (exact) mass is 283 g/mol. The highest BCUT2D eigenvalue weighted by atomic mass is 32.2. The highest BCUT2D eigenvalue weighted by molar-refractivity contribution is 7.93. The summed E-state index contributed by atoms with van der Waals surface area (Å²) in [6.45, 7) is 1.59. The van der Waals surface area contributed by atoms with Crippen LogP contribution in [-0.4, -0.2) is 60.5 Å². The molecule has 0 radical (unpaired) electrons. The van der Waals surface area contributed by atoms with Gasteiger partial charge in [0.1, 0.15) is 4.75 Å². The average molecular weight is 283 g/mol. The Kier molecular flexibility index (Phi) is 2.98. The fraction of sp³-hybridized carbons (Fsp3) is 0.667. The molecule has 19 heavy (non-hydrogen) atoms. The lowest BCUT2D eigenvalue weighted by Crippen LogP contribution is -2.66. The molecule has 104 valence electrons. The van der Waals surface area contributed by atoms with Gasteiger partial charge in [0.15, 0.2) is 9.84 Å². The van der Waals surface area contributed by atoms with E-state index < -0.39 is 14.6 Å². The van der Waals surface area contributed by atoms with Crippen LogP contribution in [0.1, 0.15) is 6.42 Å². The van der Waals surface area contributed by atoms with E-state index in [1.54, 1.807) is 18.5 Å². The van der Waals surface area contributed by atoms with Gasteiger partial charge in [-0.2, -0.15) is 0 Å². The Bertz CT molecular complexity index is 555. The normalized spacial score (nSPS) is 28.2. The van der Waals surface area contributed by atoms with E-state index in [9.17, 15) is 8.42 Å². The van der Waals surface area contributed by atoms with Crippen molar-refractivity contribution in [1.29, 1.82) is 0 Å². The molecule has 0 bridgehead atoms. The lowest BCUT2D eigenvalue weighted by molar-refractivity contribution is 0.0841. The summed E-state index contributed by atoms with van der Waals surface area (Å²) in [7, 11) is -1.06. The summed E-state index contributed by atoms with van der Waals surface area (Å²) in [6.07, 6.45) is 3.89. The summed E-state index contributed by atoms with van der Waals surface area (Å²) in [6, 6.07) is 2.03. The van der Waals surface area contributed by atoms with Crippen molar-refractivity contribution in [3.05, 3.63) is 18.5 Å². The Balaban J connectivity index is 1.72. The minimum Gasteiger partial charge on any atom is -0.463 e. The highest BCUT2D eigenvalue weighted by Crippen LogP contribution is 2.44. The van der Waals surface area contributed by atoms with Gasteiger partial charge < -0.3 is 9.64 Å². The molecule has 2 saturated heterocycles. The van der Waals surface area contributed by atoms with Gasteiger partial charge in [-0.05, 0) is 19.5 Å². The Labute approximate surface area is 112 Å². The van der Waals surface area contributed by atoms with Crippen LogP contribution in [-0.2, 0) is 9.84 Å². The van der Waals surface area contributed by atoms with Crippen LogP contribution in [0.4, 0.5) is 0 Å². The third-order valence-corrected chi connectivity index (χ3v) is 6.73. The minimum absolute atomic E-state index is 0.0394. The van der Waals surface area contributed by atoms with Crippen LogP contribution in [0.3, 0.4) is 0 Å². The van der Waals surface area contributed by atoms with Crippen molar-refractivity contribution < 1.29 is 13.2 Å². The van der Waals surface area contributed by atoms with Crippen molar-refractivity contribution in [2.45, 2.75) is 11.2 Å². The molecule has 3 heterocycles. The van der Waals surface area contributed by atoms with Crippen LogP contribution in [0.15, 0.2) is 18.5 Å². The predicted molar refractivity (Wildman–Crippen MR) is 69.6 cm³/mol. The summed E-state index contributed by atoms with van der Waals surface area (Å²) in [5.74, 6) is 0.308. The molecular weight excluding hydrogens is 266 g/mol. The second-order valence-electron chi connectivity index (χ2n) is 5.38. The lowest BCUT2D eigenvalue weighted by Gasteiger charge is -2.48. The molecule has 2 aliphatic heterocycles. The van der Waals surface area contributed by atoms with Crippen molar-refractivity contribution in [2.75, 3.05) is 32.5 Å². The number of nitrogens with zero attached hydrogens (tertiary/aromatic N) is 3. The minimum atomic E-state index is -3.00. The average Bonchev–Trinajstić information content (AvgIpc) is 2.61. The number of hydrogen-bond acceptors (Lipinski definition) is 6. The highest BCUT2D eigenvalue weighted by Gasteiger charge is 2.60. The Morgan fingerprint density at radius 3 is 2.74 bits per heavy atom. The SMILES string of the molecule is CN1CC2(C1)C(COc1ncccn1)CCS2(=O)=O. The molecule has 3 rings (SSSR count). The van der Waals surface area contributed by atoms with Gasteiger partial charge in [0.05, 0.1) is 12.4 Å². The number of sulfone groups is 1. The van der Waals surface area contributed by atoms with Gasteiger partial charge in [-0.25, -0.2) is 18.4 Å². The quantitative estimate of drug-likeness (QED) is 0.776. The summed E-state index contributed by atoms with van der Waals surface area (Å²) in [5, 5.41) is 0. The molecular formula is C12H17N3O3S. The Morgan fingerprint density at radius 2 is 2.11 bits per heavy atom. The summed E-state index contributed by atoms with van der Waals surface area (Å²) in [4.78, 5) is 10.0. The zero-order chi connectivity index (χ0) is 13.5. The Morgan fingerprint density at radius 1 is 1.42 bits per heavy atom. The maximum atomic E-state index is 12.2. The van der Waals surface area contributed by atoms with Crippen LogP contribution in [0.25, 0.3) is 0 Å². The first kappa shape index (κ1) is 12.8. The van der Waals surface area contributed by atoms with Crippen molar-refractivity contribution in [3.63, 3.8) is 0 Å². The van der Waals surface area contributed by atoms with Crippen molar-refractivity contribution in [3.8, 4) is 6.01 Å². The molecule has 2 fully saturated rings. The van der Waals surface area contributed by atoms with Crippen molar-refractivity contribution in [1.82, 2.24) is 14.9 Å². The Hall–Kier alpha value is -1.21. The zero-order valence-electron chi connectivity index (χ0n) is 10.8. The van der Waals surface area contributed by atoms with E-state index in [2.05, 4.69) is 9.97 Å². The maximum Gasteiger partial charge on any atom is 0.316 e. The van der Waals surface area contributed by atoms with E-state index >= 15 is 0 Å². The van der Waals surface area contributed by atoms with E-state index in [0.717, 1.165) is 0 Å². The van der Waals surface area contributed by atoms with Gasteiger partial charge in [0, 0.05) is 31.4 Å². The summed E-state index contributed by atoms with van der Waals surface area (Å²) in [5.41, 5.74) is 0. The van der Waals surface area contributed by atoms with Gasteiger partial charge in [-0.15, -0.1) is 0 Å². The van der Waals surface area contributed by atoms with Crippen molar-refractivity contribution in [2.24, 2.45) is 5.92 Å². The van der Waals surface area contributed by atoms with E-state index in [1.165, 1.54) is 0 Å². The third-order valence-electron chi connectivity index (χ3n) is 4.13. The van der Waals surface area contributed by atoms with E-state index in [4.69, 9.17) is 4.74 Å². The van der Waals surface area contributed by atoms with Gasteiger partial charge in [0.25, 0.3) is 0 Å². The molecule has 0 aliphatic carbocycles. The first-order chi connectivity index (χ1) is 9.03. The van der Waals surface area contributed by atoms with Crippen LogP contribution in [0.2, 0.25) is 0 Å². The number of ether oxygens (including phenoxy) is 1. The van der Waals surface area contributed by atoms with E-state index in [1.807, 2.05) is 11.9 Å². The smallest absolute Gasteiger partial charge is 0.316 e. The molecule has 1 spiro atoms. The lowest BCUT2D eigenvalue weighted by atomic mass is 9.84. The van der Waals surface area contributed by atoms with Crippen LogP contribution < -0.4 is 4.74 Å². The fourth-order valence-corrected chi connectivity index (χ4v) is 5.64. The molecule has 0 amide bonds. The molecule has 0 N–H and O–H groups in total. The van der Waals surface area contributed by atoms with Gasteiger partial charge in [-0.1, -0.05) is 0 Å². The second-order valence-corrected chi connectivity index (χ2v) is 7.83. The molecule has 2 aliphatic rings. The molecule has 1 aromatic heterocycles. The zero-order valence-corrected chi connectivity index (χ0v) is 11.6. The second kappa shape index (κ2) is 4.42. The third kappa shape index (κ3) is 2.01. The number of hydrogen-bond donors (Lipinski definition) is 0. The molecule has 1 atom stereocenters. The molecule has 1 unspecified atom stereocenters. The first-order valence-corrected chi connectivity index (χ1v) is 7.99. The van der Waals surface area contributed by atoms with E-state index in [-0.39, 0.29) is 11.7 Å². The van der Waals surface area contributed by atoms with Gasteiger partial charge in [-0.3, -0.25) is 0 Å². The number of rotatable bonds is 3. The molecule has 0 aromatic carbocycles. The van der Waals surface area contributed by atoms with Crippen LogP contribution >= 0.6 is 0 Å².